The highest BCUT2D eigenvalue weighted by atomic mass is 15.0. The van der Waals surface area contributed by atoms with Crippen LogP contribution in [0.1, 0.15) is 47.0 Å². The van der Waals surface area contributed by atoms with Gasteiger partial charge in [-0.05, 0) is 31.7 Å². The zero-order chi connectivity index (χ0) is 11.3. The molecular formula is C13H28N2. The van der Waals surface area contributed by atoms with Crippen molar-refractivity contribution in [2.75, 3.05) is 13.1 Å². The molecule has 2 N–H and O–H groups in total. The van der Waals surface area contributed by atoms with Gasteiger partial charge in [0.1, 0.15) is 0 Å². The third-order valence-electron chi connectivity index (χ3n) is 3.60. The SMILES string of the molecule is CC(C)NCC(C)NCC1CCCC1C. The second kappa shape index (κ2) is 6.49. The minimum atomic E-state index is 0.597. The Morgan fingerprint density at radius 3 is 2.40 bits per heavy atom. The van der Waals surface area contributed by atoms with E-state index in [0.717, 1.165) is 18.4 Å². The minimum absolute atomic E-state index is 0.597. The standard InChI is InChI=1S/C13H28N2/c1-10(2)14-8-12(4)15-9-13-7-5-6-11(13)3/h10-15H,5-9H2,1-4H3. The Bertz CT molecular complexity index is 168. The Morgan fingerprint density at radius 1 is 1.13 bits per heavy atom. The summed E-state index contributed by atoms with van der Waals surface area (Å²) in [6, 6.07) is 1.19. The van der Waals surface area contributed by atoms with E-state index in [1.807, 2.05) is 0 Å². The lowest BCUT2D eigenvalue weighted by Crippen LogP contribution is -2.41. The second-order valence-electron chi connectivity index (χ2n) is 5.54. The van der Waals surface area contributed by atoms with Crippen LogP contribution in [-0.2, 0) is 0 Å². The summed E-state index contributed by atoms with van der Waals surface area (Å²) >= 11 is 0. The van der Waals surface area contributed by atoms with E-state index in [9.17, 15) is 0 Å². The summed E-state index contributed by atoms with van der Waals surface area (Å²) in [6.07, 6.45) is 4.30. The molecule has 0 heterocycles. The molecule has 3 atom stereocenters. The van der Waals surface area contributed by atoms with Crippen molar-refractivity contribution < 1.29 is 0 Å². The highest BCUT2D eigenvalue weighted by Gasteiger charge is 2.23. The van der Waals surface area contributed by atoms with E-state index >= 15 is 0 Å². The summed E-state index contributed by atoms with van der Waals surface area (Å²) in [5.41, 5.74) is 0. The quantitative estimate of drug-likeness (QED) is 0.706. The molecule has 1 aliphatic rings. The van der Waals surface area contributed by atoms with Crippen LogP contribution in [0.15, 0.2) is 0 Å². The van der Waals surface area contributed by atoms with E-state index in [-0.39, 0.29) is 0 Å². The predicted octanol–water partition coefficient (Wildman–Crippen LogP) is 2.40. The Hall–Kier alpha value is -0.0800. The predicted molar refractivity (Wildman–Crippen MR) is 67.1 cm³/mol. The van der Waals surface area contributed by atoms with Crippen LogP contribution in [0.3, 0.4) is 0 Å². The molecule has 0 aromatic heterocycles. The molecule has 15 heavy (non-hydrogen) atoms. The van der Waals surface area contributed by atoms with Crippen LogP contribution in [0.5, 0.6) is 0 Å². The molecule has 1 aliphatic carbocycles. The first kappa shape index (κ1) is 13.0. The molecule has 0 saturated heterocycles. The summed E-state index contributed by atoms with van der Waals surface area (Å²) in [5, 5.41) is 7.12. The van der Waals surface area contributed by atoms with Crippen molar-refractivity contribution >= 4 is 0 Å². The highest BCUT2D eigenvalue weighted by molar-refractivity contribution is 4.77. The van der Waals surface area contributed by atoms with Crippen LogP contribution in [0, 0.1) is 11.8 Å². The topological polar surface area (TPSA) is 24.1 Å². The maximum absolute atomic E-state index is 3.65. The Balaban J connectivity index is 2.08. The van der Waals surface area contributed by atoms with Crippen molar-refractivity contribution in [2.45, 2.75) is 59.0 Å². The molecule has 0 spiro atoms. The summed E-state index contributed by atoms with van der Waals surface area (Å²) in [6.45, 7) is 11.4. The maximum Gasteiger partial charge on any atom is 0.0164 e. The van der Waals surface area contributed by atoms with Crippen LogP contribution in [0.25, 0.3) is 0 Å². The maximum atomic E-state index is 3.65. The van der Waals surface area contributed by atoms with Crippen LogP contribution in [-0.4, -0.2) is 25.2 Å². The molecule has 0 aromatic rings. The van der Waals surface area contributed by atoms with Gasteiger partial charge in [0.15, 0.2) is 0 Å². The first-order valence-electron chi connectivity index (χ1n) is 6.56. The zero-order valence-corrected chi connectivity index (χ0v) is 10.8. The summed E-state index contributed by atoms with van der Waals surface area (Å²) in [5.74, 6) is 1.86. The molecule has 90 valence electrons. The van der Waals surface area contributed by atoms with E-state index in [1.54, 1.807) is 0 Å². The van der Waals surface area contributed by atoms with Gasteiger partial charge in [-0.3, -0.25) is 0 Å². The molecule has 0 radical (unpaired) electrons. The zero-order valence-electron chi connectivity index (χ0n) is 10.8. The van der Waals surface area contributed by atoms with Crippen molar-refractivity contribution in [3.05, 3.63) is 0 Å². The monoisotopic (exact) mass is 212 g/mol. The normalized spacial score (nSPS) is 28.6. The molecule has 0 aliphatic heterocycles. The van der Waals surface area contributed by atoms with Gasteiger partial charge in [0.2, 0.25) is 0 Å². The number of nitrogens with one attached hydrogen (secondary N) is 2. The lowest BCUT2D eigenvalue weighted by Gasteiger charge is -2.21. The molecule has 0 bridgehead atoms. The third kappa shape index (κ3) is 4.98. The second-order valence-corrected chi connectivity index (χ2v) is 5.54. The van der Waals surface area contributed by atoms with Gasteiger partial charge in [-0.2, -0.15) is 0 Å². The van der Waals surface area contributed by atoms with Gasteiger partial charge in [0.05, 0.1) is 0 Å². The van der Waals surface area contributed by atoms with Crippen LogP contribution in [0.2, 0.25) is 0 Å². The molecule has 2 nitrogen and oxygen atoms in total. The fourth-order valence-electron chi connectivity index (χ4n) is 2.36. The Kier molecular flexibility index (Phi) is 5.62. The van der Waals surface area contributed by atoms with Gasteiger partial charge >= 0.3 is 0 Å². The van der Waals surface area contributed by atoms with Crippen molar-refractivity contribution in [1.82, 2.24) is 10.6 Å². The van der Waals surface area contributed by atoms with E-state index in [2.05, 4.69) is 38.3 Å². The molecule has 3 unspecified atom stereocenters. The smallest absolute Gasteiger partial charge is 0.0164 e. The van der Waals surface area contributed by atoms with Crippen LogP contribution >= 0.6 is 0 Å². The lowest BCUT2D eigenvalue weighted by atomic mass is 9.98. The van der Waals surface area contributed by atoms with Gasteiger partial charge in [-0.1, -0.05) is 33.6 Å². The molecule has 1 saturated carbocycles. The van der Waals surface area contributed by atoms with Gasteiger partial charge in [-0.15, -0.1) is 0 Å². The largest absolute Gasteiger partial charge is 0.313 e. The fraction of sp³-hybridized carbons (Fsp3) is 1.00. The van der Waals surface area contributed by atoms with Gasteiger partial charge in [-0.25, -0.2) is 0 Å². The molecule has 1 fully saturated rings. The van der Waals surface area contributed by atoms with Gasteiger partial charge in [0.25, 0.3) is 0 Å². The van der Waals surface area contributed by atoms with Crippen molar-refractivity contribution in [3.63, 3.8) is 0 Å². The van der Waals surface area contributed by atoms with Crippen molar-refractivity contribution in [1.29, 1.82) is 0 Å². The van der Waals surface area contributed by atoms with Gasteiger partial charge < -0.3 is 10.6 Å². The Morgan fingerprint density at radius 2 is 1.87 bits per heavy atom. The van der Waals surface area contributed by atoms with Crippen LogP contribution in [0.4, 0.5) is 0 Å². The molecule has 2 heteroatoms. The Labute approximate surface area is 95.2 Å². The fourth-order valence-corrected chi connectivity index (χ4v) is 2.36. The summed E-state index contributed by atoms with van der Waals surface area (Å²) in [4.78, 5) is 0. The number of hydrogen-bond donors (Lipinski definition) is 2. The first-order chi connectivity index (χ1) is 7.09. The van der Waals surface area contributed by atoms with E-state index < -0.39 is 0 Å². The highest BCUT2D eigenvalue weighted by Crippen LogP contribution is 2.30. The molecule has 1 rings (SSSR count). The molecular weight excluding hydrogens is 184 g/mol. The third-order valence-corrected chi connectivity index (χ3v) is 3.60. The summed E-state index contributed by atoms with van der Waals surface area (Å²) < 4.78 is 0. The number of hydrogen-bond acceptors (Lipinski definition) is 2. The average molecular weight is 212 g/mol. The molecule has 0 aromatic carbocycles. The van der Waals surface area contributed by atoms with Crippen molar-refractivity contribution in [2.24, 2.45) is 11.8 Å². The van der Waals surface area contributed by atoms with Crippen molar-refractivity contribution in [3.8, 4) is 0 Å². The van der Waals surface area contributed by atoms with E-state index in [0.29, 0.717) is 12.1 Å². The van der Waals surface area contributed by atoms with Crippen LogP contribution < -0.4 is 10.6 Å². The van der Waals surface area contributed by atoms with E-state index in [4.69, 9.17) is 0 Å². The average Bonchev–Trinajstić information content (AvgIpc) is 2.58. The van der Waals surface area contributed by atoms with E-state index in [1.165, 1.54) is 25.8 Å². The summed E-state index contributed by atoms with van der Waals surface area (Å²) in [7, 11) is 0. The van der Waals surface area contributed by atoms with Gasteiger partial charge in [0, 0.05) is 18.6 Å². The minimum Gasteiger partial charge on any atom is -0.313 e. The first-order valence-corrected chi connectivity index (χ1v) is 6.56. The lowest BCUT2D eigenvalue weighted by molar-refractivity contribution is 0.364. The number of rotatable bonds is 6. The molecule has 0 amide bonds.